The summed E-state index contributed by atoms with van der Waals surface area (Å²) < 4.78 is 10.1. The predicted molar refractivity (Wildman–Crippen MR) is 34.1 cm³/mol. The zero-order valence-corrected chi connectivity index (χ0v) is 5.87. The molecular formula is C6H11NO3. The molecule has 0 saturated carbocycles. The summed E-state index contributed by atoms with van der Waals surface area (Å²) in [5, 5.41) is 0. The Morgan fingerprint density at radius 1 is 1.50 bits per heavy atom. The third-order valence-electron chi connectivity index (χ3n) is 1.47. The number of hydrogen-bond acceptors (Lipinski definition) is 3. The van der Waals surface area contributed by atoms with Crippen LogP contribution in [0.5, 0.6) is 0 Å². The molecule has 10 heavy (non-hydrogen) atoms. The van der Waals surface area contributed by atoms with Crippen LogP contribution in [0.4, 0.5) is 0 Å². The van der Waals surface area contributed by atoms with Crippen LogP contribution in [0.25, 0.3) is 0 Å². The van der Waals surface area contributed by atoms with Crippen LogP contribution in [0.2, 0.25) is 0 Å². The molecule has 1 aliphatic rings. The average Bonchev–Trinajstić information content (AvgIpc) is 1.88. The summed E-state index contributed by atoms with van der Waals surface area (Å²) in [4.78, 5) is 10.5. The van der Waals surface area contributed by atoms with Gasteiger partial charge in [-0.2, -0.15) is 0 Å². The molecule has 0 aromatic carbocycles. The zero-order valence-electron chi connectivity index (χ0n) is 5.87. The molecule has 0 aromatic rings. The van der Waals surface area contributed by atoms with E-state index in [1.165, 1.54) is 0 Å². The molecule has 0 aliphatic carbocycles. The van der Waals surface area contributed by atoms with Crippen LogP contribution in [-0.2, 0) is 14.3 Å². The van der Waals surface area contributed by atoms with Gasteiger partial charge in [0.1, 0.15) is 0 Å². The number of carbonyl (C=O) groups excluding carboxylic acids is 1. The average molecular weight is 145 g/mol. The highest BCUT2D eigenvalue weighted by molar-refractivity contribution is 5.76. The number of carbonyl (C=O) groups is 1. The van der Waals surface area contributed by atoms with E-state index in [1.54, 1.807) is 6.92 Å². The smallest absolute Gasteiger partial charge is 0.225 e. The normalized spacial score (nSPS) is 33.7. The SMILES string of the molecule is CC1OCC(C(N)=O)CO1. The van der Waals surface area contributed by atoms with E-state index in [-0.39, 0.29) is 18.1 Å². The topological polar surface area (TPSA) is 61.5 Å². The van der Waals surface area contributed by atoms with Crippen molar-refractivity contribution >= 4 is 5.91 Å². The summed E-state index contributed by atoms with van der Waals surface area (Å²) in [6.07, 6.45) is -0.199. The minimum Gasteiger partial charge on any atom is -0.369 e. The first kappa shape index (κ1) is 7.50. The Bertz CT molecular complexity index is 129. The van der Waals surface area contributed by atoms with Crippen molar-refractivity contribution in [2.45, 2.75) is 13.2 Å². The maximum Gasteiger partial charge on any atom is 0.225 e. The number of hydrogen-bond donors (Lipinski definition) is 1. The van der Waals surface area contributed by atoms with E-state index < -0.39 is 0 Å². The van der Waals surface area contributed by atoms with E-state index in [4.69, 9.17) is 15.2 Å². The summed E-state index contributed by atoms with van der Waals surface area (Å²) in [5.41, 5.74) is 5.01. The fourth-order valence-electron chi connectivity index (χ4n) is 0.764. The van der Waals surface area contributed by atoms with E-state index in [2.05, 4.69) is 0 Å². The van der Waals surface area contributed by atoms with Crippen molar-refractivity contribution in [2.24, 2.45) is 11.7 Å². The number of primary amides is 1. The Morgan fingerprint density at radius 3 is 2.40 bits per heavy atom. The first-order chi connectivity index (χ1) is 4.70. The molecule has 0 unspecified atom stereocenters. The zero-order chi connectivity index (χ0) is 7.56. The summed E-state index contributed by atoms with van der Waals surface area (Å²) in [6, 6.07) is 0. The molecule has 4 nitrogen and oxygen atoms in total. The van der Waals surface area contributed by atoms with Crippen LogP contribution in [-0.4, -0.2) is 25.4 Å². The van der Waals surface area contributed by atoms with Gasteiger partial charge >= 0.3 is 0 Å². The highest BCUT2D eigenvalue weighted by Crippen LogP contribution is 2.09. The van der Waals surface area contributed by atoms with Crippen LogP contribution in [0.1, 0.15) is 6.92 Å². The fraction of sp³-hybridized carbons (Fsp3) is 0.833. The van der Waals surface area contributed by atoms with Crippen molar-refractivity contribution < 1.29 is 14.3 Å². The second kappa shape index (κ2) is 2.98. The van der Waals surface area contributed by atoms with Gasteiger partial charge in [-0.25, -0.2) is 0 Å². The minimum absolute atomic E-state index is 0.199. The molecule has 1 saturated heterocycles. The van der Waals surface area contributed by atoms with Gasteiger partial charge in [0, 0.05) is 0 Å². The lowest BCUT2D eigenvalue weighted by atomic mass is 10.1. The Kier molecular flexibility index (Phi) is 2.24. The molecule has 0 atom stereocenters. The van der Waals surface area contributed by atoms with Gasteiger partial charge in [-0.15, -0.1) is 0 Å². The fourth-order valence-corrected chi connectivity index (χ4v) is 0.764. The number of amides is 1. The second-order valence-corrected chi connectivity index (χ2v) is 2.33. The molecule has 0 aromatic heterocycles. The summed E-state index contributed by atoms with van der Waals surface area (Å²) >= 11 is 0. The van der Waals surface area contributed by atoms with E-state index in [0.29, 0.717) is 13.2 Å². The molecule has 1 rings (SSSR count). The third kappa shape index (κ3) is 1.68. The van der Waals surface area contributed by atoms with Gasteiger partial charge in [0.05, 0.1) is 19.1 Å². The van der Waals surface area contributed by atoms with Gasteiger partial charge in [-0.05, 0) is 6.92 Å². The van der Waals surface area contributed by atoms with Crippen molar-refractivity contribution in [3.8, 4) is 0 Å². The molecule has 58 valence electrons. The standard InChI is InChI=1S/C6H11NO3/c1-4-9-2-5(3-10-4)6(7)8/h4-5H,2-3H2,1H3,(H2,7,8). The van der Waals surface area contributed by atoms with Gasteiger partial charge in [0.2, 0.25) is 5.91 Å². The van der Waals surface area contributed by atoms with Gasteiger partial charge in [0.25, 0.3) is 0 Å². The van der Waals surface area contributed by atoms with E-state index in [0.717, 1.165) is 0 Å². The molecule has 0 bridgehead atoms. The molecule has 1 fully saturated rings. The molecule has 4 heteroatoms. The lowest BCUT2D eigenvalue weighted by Gasteiger charge is -2.24. The van der Waals surface area contributed by atoms with Crippen LogP contribution < -0.4 is 5.73 Å². The Morgan fingerprint density at radius 2 is 2.00 bits per heavy atom. The molecular weight excluding hydrogens is 134 g/mol. The molecule has 0 radical (unpaired) electrons. The monoisotopic (exact) mass is 145 g/mol. The Hall–Kier alpha value is -0.610. The quantitative estimate of drug-likeness (QED) is 0.540. The van der Waals surface area contributed by atoms with Crippen molar-refractivity contribution in [3.63, 3.8) is 0 Å². The first-order valence-electron chi connectivity index (χ1n) is 3.22. The Labute approximate surface area is 59.3 Å². The van der Waals surface area contributed by atoms with Gasteiger partial charge in [0.15, 0.2) is 6.29 Å². The minimum atomic E-state index is -0.355. The van der Waals surface area contributed by atoms with E-state index in [9.17, 15) is 4.79 Å². The third-order valence-corrected chi connectivity index (χ3v) is 1.47. The van der Waals surface area contributed by atoms with Crippen LogP contribution in [0.3, 0.4) is 0 Å². The molecule has 1 amide bonds. The van der Waals surface area contributed by atoms with Crippen LogP contribution in [0, 0.1) is 5.92 Å². The van der Waals surface area contributed by atoms with Crippen molar-refractivity contribution in [3.05, 3.63) is 0 Å². The van der Waals surface area contributed by atoms with Crippen molar-refractivity contribution in [1.82, 2.24) is 0 Å². The summed E-state index contributed by atoms with van der Waals surface area (Å²) in [5.74, 6) is -0.622. The number of rotatable bonds is 1. The molecule has 2 N–H and O–H groups in total. The highest BCUT2D eigenvalue weighted by atomic mass is 16.7. The highest BCUT2D eigenvalue weighted by Gasteiger charge is 2.22. The van der Waals surface area contributed by atoms with Crippen molar-refractivity contribution in [2.75, 3.05) is 13.2 Å². The molecule has 1 heterocycles. The Balaban J connectivity index is 2.33. The van der Waals surface area contributed by atoms with E-state index in [1.807, 2.05) is 0 Å². The van der Waals surface area contributed by atoms with Crippen LogP contribution >= 0.6 is 0 Å². The first-order valence-corrected chi connectivity index (χ1v) is 3.22. The predicted octanol–water partition coefficient (Wildman–Crippen LogP) is -0.519. The second-order valence-electron chi connectivity index (χ2n) is 2.33. The maximum atomic E-state index is 10.5. The largest absolute Gasteiger partial charge is 0.369 e. The van der Waals surface area contributed by atoms with Gasteiger partial charge in [-0.1, -0.05) is 0 Å². The number of ether oxygens (including phenoxy) is 2. The molecule has 0 spiro atoms. The number of nitrogens with two attached hydrogens (primary N) is 1. The summed E-state index contributed by atoms with van der Waals surface area (Å²) in [6.45, 7) is 2.56. The van der Waals surface area contributed by atoms with Crippen molar-refractivity contribution in [1.29, 1.82) is 0 Å². The van der Waals surface area contributed by atoms with Gasteiger partial charge < -0.3 is 15.2 Å². The maximum absolute atomic E-state index is 10.5. The summed E-state index contributed by atoms with van der Waals surface area (Å²) in [7, 11) is 0. The molecule has 1 aliphatic heterocycles. The van der Waals surface area contributed by atoms with E-state index >= 15 is 0 Å². The van der Waals surface area contributed by atoms with Crippen LogP contribution in [0.15, 0.2) is 0 Å². The van der Waals surface area contributed by atoms with Gasteiger partial charge in [-0.3, -0.25) is 4.79 Å². The lowest BCUT2D eigenvalue weighted by molar-refractivity contribution is -0.191. The lowest BCUT2D eigenvalue weighted by Crippen LogP contribution is -2.38.